The second-order valence-electron chi connectivity index (χ2n) is 8.36. The standard InChI is InChI=1S/C18H35N3/c1-15(2)19-7-5-18(6-8-19)13-17(14-18)21-11-9-20(10-12-21)16(3)4/h15-17H,5-14H2,1-4H3. The predicted octanol–water partition coefficient (Wildman–Crippen LogP) is 2.67. The molecule has 1 spiro atoms. The fourth-order valence-electron chi connectivity index (χ4n) is 4.74. The summed E-state index contributed by atoms with van der Waals surface area (Å²) in [6, 6.07) is 2.37. The zero-order valence-electron chi connectivity index (χ0n) is 14.6. The fraction of sp³-hybridized carbons (Fsp3) is 1.00. The van der Waals surface area contributed by atoms with Gasteiger partial charge in [-0.1, -0.05) is 0 Å². The molecule has 21 heavy (non-hydrogen) atoms. The zero-order valence-corrected chi connectivity index (χ0v) is 14.6. The van der Waals surface area contributed by atoms with E-state index in [4.69, 9.17) is 0 Å². The largest absolute Gasteiger partial charge is 0.301 e. The van der Waals surface area contributed by atoms with E-state index in [0.29, 0.717) is 0 Å². The highest BCUT2D eigenvalue weighted by Crippen LogP contribution is 2.51. The molecule has 1 aliphatic carbocycles. The maximum atomic E-state index is 2.79. The molecule has 0 aromatic heterocycles. The number of hydrogen-bond acceptors (Lipinski definition) is 3. The third-order valence-electron chi connectivity index (χ3n) is 6.52. The van der Waals surface area contributed by atoms with Crippen LogP contribution in [0.5, 0.6) is 0 Å². The van der Waals surface area contributed by atoms with Crippen LogP contribution in [0.1, 0.15) is 53.4 Å². The first kappa shape index (κ1) is 15.8. The number of hydrogen-bond donors (Lipinski definition) is 0. The van der Waals surface area contributed by atoms with E-state index in [-0.39, 0.29) is 0 Å². The van der Waals surface area contributed by atoms with Crippen LogP contribution >= 0.6 is 0 Å². The minimum atomic E-state index is 0.722. The molecular formula is C18H35N3. The summed E-state index contributed by atoms with van der Waals surface area (Å²) >= 11 is 0. The van der Waals surface area contributed by atoms with Crippen LogP contribution in [0, 0.1) is 5.41 Å². The molecular weight excluding hydrogens is 258 g/mol. The van der Waals surface area contributed by atoms with Crippen LogP contribution in [0.15, 0.2) is 0 Å². The Hall–Kier alpha value is -0.120. The molecule has 3 nitrogen and oxygen atoms in total. The lowest BCUT2D eigenvalue weighted by Crippen LogP contribution is -2.59. The molecule has 0 amide bonds. The van der Waals surface area contributed by atoms with Crippen LogP contribution in [0.2, 0.25) is 0 Å². The molecule has 3 heteroatoms. The third kappa shape index (κ3) is 3.30. The SMILES string of the molecule is CC(C)N1CCN(C2CC3(CCN(C(C)C)CC3)C2)CC1. The van der Waals surface area contributed by atoms with Gasteiger partial charge in [-0.05, 0) is 71.9 Å². The molecule has 0 aromatic carbocycles. The highest BCUT2D eigenvalue weighted by molar-refractivity contribution is 5.02. The Morgan fingerprint density at radius 3 is 1.67 bits per heavy atom. The summed E-state index contributed by atoms with van der Waals surface area (Å²) < 4.78 is 0. The summed E-state index contributed by atoms with van der Waals surface area (Å²) in [5.41, 5.74) is 0.727. The van der Waals surface area contributed by atoms with Crippen molar-refractivity contribution in [3.8, 4) is 0 Å². The smallest absolute Gasteiger partial charge is 0.0113 e. The number of piperazine rings is 1. The molecule has 2 aliphatic heterocycles. The van der Waals surface area contributed by atoms with Crippen molar-refractivity contribution in [3.05, 3.63) is 0 Å². The Labute approximate surface area is 131 Å². The lowest BCUT2D eigenvalue weighted by Gasteiger charge is -2.57. The molecule has 0 radical (unpaired) electrons. The van der Waals surface area contributed by atoms with Gasteiger partial charge in [-0.15, -0.1) is 0 Å². The normalized spacial score (nSPS) is 29.4. The summed E-state index contributed by atoms with van der Waals surface area (Å²) in [7, 11) is 0. The van der Waals surface area contributed by atoms with Gasteiger partial charge in [0.2, 0.25) is 0 Å². The van der Waals surface area contributed by atoms with Crippen LogP contribution in [0.3, 0.4) is 0 Å². The van der Waals surface area contributed by atoms with Gasteiger partial charge in [0.25, 0.3) is 0 Å². The average molecular weight is 293 g/mol. The zero-order chi connectivity index (χ0) is 15.0. The van der Waals surface area contributed by atoms with Crippen LogP contribution < -0.4 is 0 Å². The van der Waals surface area contributed by atoms with E-state index in [9.17, 15) is 0 Å². The minimum Gasteiger partial charge on any atom is -0.301 e. The van der Waals surface area contributed by atoms with Crippen LogP contribution in [0.4, 0.5) is 0 Å². The summed E-state index contributed by atoms with van der Waals surface area (Å²) in [5, 5.41) is 0. The van der Waals surface area contributed by atoms with Crippen molar-refractivity contribution < 1.29 is 0 Å². The van der Waals surface area contributed by atoms with Gasteiger partial charge in [0.05, 0.1) is 0 Å². The lowest BCUT2D eigenvalue weighted by molar-refractivity contribution is -0.0611. The fourth-order valence-corrected chi connectivity index (χ4v) is 4.74. The number of likely N-dealkylation sites (tertiary alicyclic amines) is 1. The van der Waals surface area contributed by atoms with E-state index < -0.39 is 0 Å². The molecule has 3 rings (SSSR count). The Kier molecular flexibility index (Phi) is 4.63. The van der Waals surface area contributed by atoms with Gasteiger partial charge in [-0.3, -0.25) is 9.80 Å². The molecule has 0 bridgehead atoms. The van der Waals surface area contributed by atoms with Gasteiger partial charge in [-0.25, -0.2) is 0 Å². The molecule has 122 valence electrons. The Morgan fingerprint density at radius 1 is 0.714 bits per heavy atom. The van der Waals surface area contributed by atoms with Gasteiger partial charge in [-0.2, -0.15) is 0 Å². The summed E-state index contributed by atoms with van der Waals surface area (Å²) in [6.45, 7) is 17.2. The molecule has 0 unspecified atom stereocenters. The molecule has 1 saturated carbocycles. The van der Waals surface area contributed by atoms with Crippen molar-refractivity contribution in [2.75, 3.05) is 39.3 Å². The van der Waals surface area contributed by atoms with Gasteiger partial charge in [0, 0.05) is 44.3 Å². The van der Waals surface area contributed by atoms with Crippen molar-refractivity contribution in [3.63, 3.8) is 0 Å². The minimum absolute atomic E-state index is 0.722. The lowest BCUT2D eigenvalue weighted by atomic mass is 9.60. The monoisotopic (exact) mass is 293 g/mol. The average Bonchev–Trinajstić information content (AvgIpc) is 2.45. The Bertz CT molecular complexity index is 328. The van der Waals surface area contributed by atoms with Crippen molar-refractivity contribution in [1.82, 2.24) is 14.7 Å². The van der Waals surface area contributed by atoms with E-state index in [1.54, 1.807) is 0 Å². The first-order valence-electron chi connectivity index (χ1n) is 9.21. The van der Waals surface area contributed by atoms with Gasteiger partial charge >= 0.3 is 0 Å². The quantitative estimate of drug-likeness (QED) is 0.792. The molecule has 2 heterocycles. The summed E-state index contributed by atoms with van der Waals surface area (Å²) in [4.78, 5) is 8.09. The van der Waals surface area contributed by atoms with Gasteiger partial charge in [0.1, 0.15) is 0 Å². The highest BCUT2D eigenvalue weighted by atomic mass is 15.3. The van der Waals surface area contributed by atoms with E-state index in [2.05, 4.69) is 42.4 Å². The Morgan fingerprint density at radius 2 is 1.19 bits per heavy atom. The van der Waals surface area contributed by atoms with E-state index in [0.717, 1.165) is 23.5 Å². The first-order chi connectivity index (χ1) is 9.99. The van der Waals surface area contributed by atoms with Crippen molar-refractivity contribution in [2.24, 2.45) is 5.41 Å². The molecule has 0 N–H and O–H groups in total. The topological polar surface area (TPSA) is 9.72 Å². The second-order valence-corrected chi connectivity index (χ2v) is 8.36. The maximum Gasteiger partial charge on any atom is 0.0113 e. The highest BCUT2D eigenvalue weighted by Gasteiger charge is 2.48. The Balaban J connectivity index is 1.42. The van der Waals surface area contributed by atoms with Crippen molar-refractivity contribution in [2.45, 2.75) is 71.5 Å². The maximum absolute atomic E-state index is 2.79. The van der Waals surface area contributed by atoms with Crippen molar-refractivity contribution >= 4 is 0 Å². The first-order valence-corrected chi connectivity index (χ1v) is 9.21. The van der Waals surface area contributed by atoms with E-state index >= 15 is 0 Å². The molecule has 2 saturated heterocycles. The predicted molar refractivity (Wildman–Crippen MR) is 89.7 cm³/mol. The van der Waals surface area contributed by atoms with Gasteiger partial charge in [0.15, 0.2) is 0 Å². The molecule has 0 aromatic rings. The second kappa shape index (κ2) is 6.17. The number of piperidine rings is 1. The summed E-state index contributed by atoms with van der Waals surface area (Å²) in [6.07, 6.45) is 5.88. The van der Waals surface area contributed by atoms with Crippen LogP contribution in [0.25, 0.3) is 0 Å². The molecule has 3 aliphatic rings. The number of nitrogens with zero attached hydrogens (tertiary/aromatic N) is 3. The summed E-state index contributed by atoms with van der Waals surface area (Å²) in [5.74, 6) is 0. The molecule has 3 fully saturated rings. The van der Waals surface area contributed by atoms with Crippen LogP contribution in [-0.2, 0) is 0 Å². The van der Waals surface area contributed by atoms with Crippen molar-refractivity contribution in [1.29, 1.82) is 0 Å². The van der Waals surface area contributed by atoms with E-state index in [1.807, 2.05) is 0 Å². The number of rotatable bonds is 3. The van der Waals surface area contributed by atoms with Crippen LogP contribution in [-0.4, -0.2) is 72.1 Å². The van der Waals surface area contributed by atoms with Gasteiger partial charge < -0.3 is 4.90 Å². The third-order valence-corrected chi connectivity index (χ3v) is 6.52. The van der Waals surface area contributed by atoms with E-state index in [1.165, 1.54) is 65.0 Å². The molecule has 0 atom stereocenters.